The minimum absolute atomic E-state index is 0.0258. The molecule has 2 heterocycles. The first-order chi connectivity index (χ1) is 11.8. The second kappa shape index (κ2) is 8.80. The third-order valence-corrected chi connectivity index (χ3v) is 4.84. The van der Waals surface area contributed by atoms with Gasteiger partial charge >= 0.3 is 0 Å². The number of carbonyl (C=O) groups is 1. The molecule has 1 aromatic carbocycles. The number of nitrogens with one attached hydrogen (secondary N) is 1. The number of hydrogen-bond donors (Lipinski definition) is 1. The van der Waals surface area contributed by atoms with Crippen LogP contribution in [0.4, 0.5) is 5.69 Å². The zero-order valence-corrected chi connectivity index (χ0v) is 14.4. The standard InChI is InChI=1S/C18H22N2O3S/c21-18(19-7-13-24-14-17-2-1-10-23-17)15-3-5-16(6-4-15)20-8-11-22-12-9-20/h1-6,10H,7-9,11-14H2,(H,19,21). The van der Waals surface area contributed by atoms with Gasteiger partial charge in [0.05, 0.1) is 25.2 Å². The Morgan fingerprint density at radius 1 is 1.17 bits per heavy atom. The van der Waals surface area contributed by atoms with E-state index in [1.807, 2.05) is 36.4 Å². The van der Waals surface area contributed by atoms with E-state index >= 15 is 0 Å². The van der Waals surface area contributed by atoms with Crippen LogP contribution in [0.2, 0.25) is 0 Å². The summed E-state index contributed by atoms with van der Waals surface area (Å²) in [5, 5.41) is 2.95. The highest BCUT2D eigenvalue weighted by Crippen LogP contribution is 2.17. The topological polar surface area (TPSA) is 54.7 Å². The van der Waals surface area contributed by atoms with Crippen molar-refractivity contribution in [2.24, 2.45) is 0 Å². The summed E-state index contributed by atoms with van der Waals surface area (Å²) < 4.78 is 10.6. The first kappa shape index (κ1) is 16.9. The van der Waals surface area contributed by atoms with Gasteiger partial charge in [-0.2, -0.15) is 11.8 Å². The van der Waals surface area contributed by atoms with Gasteiger partial charge < -0.3 is 19.4 Å². The maximum Gasteiger partial charge on any atom is 0.251 e. The summed E-state index contributed by atoms with van der Waals surface area (Å²) in [6.07, 6.45) is 1.68. The van der Waals surface area contributed by atoms with E-state index in [1.165, 1.54) is 0 Å². The molecule has 128 valence electrons. The van der Waals surface area contributed by atoms with Crippen molar-refractivity contribution in [2.45, 2.75) is 5.75 Å². The molecule has 1 fully saturated rings. The predicted octanol–water partition coefficient (Wildman–Crippen LogP) is 2.78. The van der Waals surface area contributed by atoms with Crippen LogP contribution in [-0.4, -0.2) is 44.5 Å². The summed E-state index contributed by atoms with van der Waals surface area (Å²) in [5.41, 5.74) is 1.84. The minimum atomic E-state index is -0.0258. The van der Waals surface area contributed by atoms with E-state index < -0.39 is 0 Å². The molecule has 5 nitrogen and oxygen atoms in total. The molecule has 0 bridgehead atoms. The third-order valence-electron chi connectivity index (χ3n) is 3.86. The Kier molecular flexibility index (Phi) is 6.20. The van der Waals surface area contributed by atoms with Crippen LogP contribution in [0.15, 0.2) is 47.1 Å². The van der Waals surface area contributed by atoms with Gasteiger partial charge in [0, 0.05) is 36.6 Å². The SMILES string of the molecule is O=C(NCCSCc1ccco1)c1ccc(N2CCOCC2)cc1. The summed E-state index contributed by atoms with van der Waals surface area (Å²) in [7, 11) is 0. The predicted molar refractivity (Wildman–Crippen MR) is 96.7 cm³/mol. The molecule has 0 atom stereocenters. The van der Waals surface area contributed by atoms with Gasteiger partial charge in [0.2, 0.25) is 0 Å². The van der Waals surface area contributed by atoms with Gasteiger partial charge in [0.25, 0.3) is 5.91 Å². The molecule has 3 rings (SSSR count). The van der Waals surface area contributed by atoms with Crippen LogP contribution in [0.1, 0.15) is 16.1 Å². The second-order valence-electron chi connectivity index (χ2n) is 5.53. The molecule has 6 heteroatoms. The monoisotopic (exact) mass is 346 g/mol. The fraction of sp³-hybridized carbons (Fsp3) is 0.389. The molecule has 1 amide bonds. The molecule has 0 unspecified atom stereocenters. The summed E-state index contributed by atoms with van der Waals surface area (Å²) in [5.74, 6) is 2.63. The highest BCUT2D eigenvalue weighted by molar-refractivity contribution is 7.98. The highest BCUT2D eigenvalue weighted by Gasteiger charge is 2.12. The number of furan rings is 1. The third kappa shape index (κ3) is 4.79. The van der Waals surface area contributed by atoms with Crippen LogP contribution >= 0.6 is 11.8 Å². The zero-order chi connectivity index (χ0) is 16.6. The Labute approximate surface area is 146 Å². The van der Waals surface area contributed by atoms with Crippen molar-refractivity contribution in [3.8, 4) is 0 Å². The average Bonchev–Trinajstić information content (AvgIpc) is 3.16. The number of nitrogens with zero attached hydrogens (tertiary/aromatic N) is 1. The molecule has 0 aliphatic carbocycles. The van der Waals surface area contributed by atoms with Crippen LogP contribution < -0.4 is 10.2 Å². The number of anilines is 1. The fourth-order valence-electron chi connectivity index (χ4n) is 2.55. The Bertz CT molecular complexity index is 622. The Morgan fingerprint density at radius 2 is 1.96 bits per heavy atom. The molecular formula is C18H22N2O3S. The lowest BCUT2D eigenvalue weighted by Gasteiger charge is -2.28. The smallest absolute Gasteiger partial charge is 0.251 e. The summed E-state index contributed by atoms with van der Waals surface area (Å²) >= 11 is 1.74. The van der Waals surface area contributed by atoms with Crippen LogP contribution in [-0.2, 0) is 10.5 Å². The summed E-state index contributed by atoms with van der Waals surface area (Å²) in [4.78, 5) is 14.4. The molecule has 2 aromatic rings. The van der Waals surface area contributed by atoms with Crippen molar-refractivity contribution in [1.82, 2.24) is 5.32 Å². The van der Waals surface area contributed by atoms with Crippen molar-refractivity contribution in [1.29, 1.82) is 0 Å². The van der Waals surface area contributed by atoms with Gasteiger partial charge in [-0.1, -0.05) is 0 Å². The van der Waals surface area contributed by atoms with E-state index in [4.69, 9.17) is 9.15 Å². The quantitative estimate of drug-likeness (QED) is 0.781. The first-order valence-corrected chi connectivity index (χ1v) is 9.29. The molecule has 1 aromatic heterocycles. The average molecular weight is 346 g/mol. The number of thioether (sulfide) groups is 1. The molecule has 1 aliphatic heterocycles. The van der Waals surface area contributed by atoms with E-state index in [2.05, 4.69) is 10.2 Å². The maximum atomic E-state index is 12.2. The van der Waals surface area contributed by atoms with Crippen LogP contribution in [0.5, 0.6) is 0 Å². The van der Waals surface area contributed by atoms with Gasteiger partial charge in [-0.05, 0) is 36.4 Å². The molecule has 1 aliphatic rings. The van der Waals surface area contributed by atoms with Crippen molar-refractivity contribution in [3.05, 3.63) is 54.0 Å². The molecule has 0 saturated carbocycles. The molecule has 1 saturated heterocycles. The van der Waals surface area contributed by atoms with Crippen LogP contribution in [0.25, 0.3) is 0 Å². The Balaban J connectivity index is 1.39. The number of ether oxygens (including phenoxy) is 1. The van der Waals surface area contributed by atoms with Crippen molar-refractivity contribution in [3.63, 3.8) is 0 Å². The van der Waals surface area contributed by atoms with Gasteiger partial charge in [-0.15, -0.1) is 0 Å². The first-order valence-electron chi connectivity index (χ1n) is 8.14. The summed E-state index contributed by atoms with van der Waals surface area (Å²) in [6.45, 7) is 3.97. The number of rotatable bonds is 7. The fourth-order valence-corrected chi connectivity index (χ4v) is 3.31. The maximum absolute atomic E-state index is 12.2. The normalized spacial score (nSPS) is 14.6. The van der Waals surface area contributed by atoms with E-state index in [1.54, 1.807) is 18.0 Å². The van der Waals surface area contributed by atoms with Gasteiger partial charge in [-0.25, -0.2) is 0 Å². The minimum Gasteiger partial charge on any atom is -0.468 e. The molecular weight excluding hydrogens is 324 g/mol. The second-order valence-corrected chi connectivity index (χ2v) is 6.64. The van der Waals surface area contributed by atoms with E-state index in [0.29, 0.717) is 12.1 Å². The van der Waals surface area contributed by atoms with E-state index in [9.17, 15) is 4.79 Å². The number of morpholine rings is 1. The lowest BCUT2D eigenvalue weighted by Crippen LogP contribution is -2.36. The van der Waals surface area contributed by atoms with Crippen molar-refractivity contribution >= 4 is 23.4 Å². The van der Waals surface area contributed by atoms with E-state index in [-0.39, 0.29) is 5.91 Å². The Morgan fingerprint density at radius 3 is 2.67 bits per heavy atom. The number of benzene rings is 1. The zero-order valence-electron chi connectivity index (χ0n) is 13.6. The number of carbonyl (C=O) groups excluding carboxylic acids is 1. The number of hydrogen-bond acceptors (Lipinski definition) is 5. The van der Waals surface area contributed by atoms with Gasteiger partial charge in [0.1, 0.15) is 5.76 Å². The lowest BCUT2D eigenvalue weighted by molar-refractivity contribution is 0.0956. The molecule has 1 N–H and O–H groups in total. The summed E-state index contributed by atoms with van der Waals surface area (Å²) in [6, 6.07) is 11.6. The largest absolute Gasteiger partial charge is 0.468 e. The van der Waals surface area contributed by atoms with Crippen LogP contribution in [0.3, 0.4) is 0 Å². The van der Waals surface area contributed by atoms with Gasteiger partial charge in [-0.3, -0.25) is 4.79 Å². The molecule has 0 radical (unpaired) electrons. The Hall–Kier alpha value is -1.92. The number of amides is 1. The molecule has 24 heavy (non-hydrogen) atoms. The molecule has 0 spiro atoms. The van der Waals surface area contributed by atoms with Crippen molar-refractivity contribution in [2.75, 3.05) is 43.5 Å². The lowest BCUT2D eigenvalue weighted by atomic mass is 10.1. The van der Waals surface area contributed by atoms with Crippen molar-refractivity contribution < 1.29 is 13.9 Å². The van der Waals surface area contributed by atoms with Gasteiger partial charge in [0.15, 0.2) is 0 Å². The highest BCUT2D eigenvalue weighted by atomic mass is 32.2. The van der Waals surface area contributed by atoms with E-state index in [0.717, 1.165) is 49.3 Å². The van der Waals surface area contributed by atoms with Crippen LogP contribution in [0, 0.1) is 0 Å².